The summed E-state index contributed by atoms with van der Waals surface area (Å²) in [6.45, 7) is 4.36. The highest BCUT2D eigenvalue weighted by atomic mass is 35.5. The van der Waals surface area contributed by atoms with E-state index in [4.69, 9.17) is 0 Å². The molecule has 1 aliphatic rings. The van der Waals surface area contributed by atoms with E-state index in [0.29, 0.717) is 13.1 Å². The van der Waals surface area contributed by atoms with E-state index in [1.165, 1.54) is 11.2 Å². The van der Waals surface area contributed by atoms with Gasteiger partial charge in [-0.2, -0.15) is 4.31 Å². The number of rotatable bonds is 2. The molecule has 20 heavy (non-hydrogen) atoms. The Kier molecular flexibility index (Phi) is 5.48. The SMILES string of the molecule is Cc1cc(F)c(S(=O)(=O)N2CCNCC2C)cc1F.Cl. The predicted octanol–water partition coefficient (Wildman–Crippen LogP) is 1.68. The van der Waals surface area contributed by atoms with Gasteiger partial charge in [-0.15, -0.1) is 12.4 Å². The third kappa shape index (κ3) is 3.11. The van der Waals surface area contributed by atoms with Crippen molar-refractivity contribution >= 4 is 22.4 Å². The average molecular weight is 327 g/mol. The number of hydrogen-bond acceptors (Lipinski definition) is 3. The first-order chi connectivity index (χ1) is 8.84. The summed E-state index contributed by atoms with van der Waals surface area (Å²) in [5.74, 6) is -1.63. The van der Waals surface area contributed by atoms with Gasteiger partial charge >= 0.3 is 0 Å². The van der Waals surface area contributed by atoms with Crippen LogP contribution in [0.3, 0.4) is 0 Å². The first-order valence-electron chi connectivity index (χ1n) is 6.02. The standard InChI is InChI=1S/C12H16F2N2O2S.ClH/c1-8-5-11(14)12(6-10(8)13)19(17,18)16-4-3-15-7-9(16)2;/h5-6,9,15H,3-4,7H2,1-2H3;1H. The fourth-order valence-electron chi connectivity index (χ4n) is 2.13. The Morgan fingerprint density at radius 1 is 1.30 bits per heavy atom. The van der Waals surface area contributed by atoms with Crippen LogP contribution in [0.15, 0.2) is 17.0 Å². The smallest absolute Gasteiger partial charge is 0.246 e. The van der Waals surface area contributed by atoms with Crippen molar-refractivity contribution in [3.63, 3.8) is 0 Å². The van der Waals surface area contributed by atoms with Gasteiger partial charge in [-0.3, -0.25) is 0 Å². The first-order valence-corrected chi connectivity index (χ1v) is 7.46. The van der Waals surface area contributed by atoms with Crippen molar-refractivity contribution in [2.24, 2.45) is 0 Å². The van der Waals surface area contributed by atoms with Crippen LogP contribution in [-0.2, 0) is 10.0 Å². The molecule has 1 atom stereocenters. The molecular weight excluding hydrogens is 310 g/mol. The Hall–Kier alpha value is -0.760. The Morgan fingerprint density at radius 2 is 1.95 bits per heavy atom. The van der Waals surface area contributed by atoms with E-state index in [-0.39, 0.29) is 30.6 Å². The van der Waals surface area contributed by atoms with Crippen LogP contribution in [0.25, 0.3) is 0 Å². The van der Waals surface area contributed by atoms with Gasteiger partial charge in [0.1, 0.15) is 16.5 Å². The van der Waals surface area contributed by atoms with Gasteiger partial charge in [-0.05, 0) is 31.5 Å². The summed E-state index contributed by atoms with van der Waals surface area (Å²) < 4.78 is 53.3. The van der Waals surface area contributed by atoms with E-state index >= 15 is 0 Å². The lowest BCUT2D eigenvalue weighted by Crippen LogP contribution is -2.52. The molecule has 1 aromatic rings. The Balaban J connectivity index is 0.00000200. The van der Waals surface area contributed by atoms with Gasteiger partial charge in [0, 0.05) is 25.7 Å². The maximum Gasteiger partial charge on any atom is 0.246 e. The van der Waals surface area contributed by atoms with Crippen molar-refractivity contribution < 1.29 is 17.2 Å². The topological polar surface area (TPSA) is 49.4 Å². The van der Waals surface area contributed by atoms with Crippen LogP contribution in [-0.4, -0.2) is 38.4 Å². The third-order valence-electron chi connectivity index (χ3n) is 3.24. The van der Waals surface area contributed by atoms with Crippen molar-refractivity contribution in [1.82, 2.24) is 9.62 Å². The second kappa shape index (κ2) is 6.34. The average Bonchev–Trinajstić information content (AvgIpc) is 2.34. The van der Waals surface area contributed by atoms with Gasteiger partial charge in [0.05, 0.1) is 0 Å². The van der Waals surface area contributed by atoms with Crippen LogP contribution in [0.4, 0.5) is 8.78 Å². The van der Waals surface area contributed by atoms with Crippen molar-refractivity contribution in [2.45, 2.75) is 24.8 Å². The molecule has 1 unspecified atom stereocenters. The van der Waals surface area contributed by atoms with Crippen LogP contribution >= 0.6 is 12.4 Å². The lowest BCUT2D eigenvalue weighted by Gasteiger charge is -2.32. The van der Waals surface area contributed by atoms with Crippen LogP contribution in [0.5, 0.6) is 0 Å². The number of nitrogens with zero attached hydrogens (tertiary/aromatic N) is 1. The lowest BCUT2D eigenvalue weighted by atomic mass is 10.2. The molecule has 0 spiro atoms. The van der Waals surface area contributed by atoms with Crippen LogP contribution in [0, 0.1) is 18.6 Å². The molecule has 1 heterocycles. The Labute approximate surface area is 123 Å². The third-order valence-corrected chi connectivity index (χ3v) is 5.27. The number of halogens is 3. The van der Waals surface area contributed by atoms with Crippen molar-refractivity contribution in [3.8, 4) is 0 Å². The monoisotopic (exact) mass is 326 g/mol. The summed E-state index contributed by atoms with van der Waals surface area (Å²) >= 11 is 0. The second-order valence-electron chi connectivity index (χ2n) is 4.70. The molecule has 0 radical (unpaired) electrons. The van der Waals surface area contributed by atoms with E-state index in [2.05, 4.69) is 5.32 Å². The number of aryl methyl sites for hydroxylation is 1. The zero-order valence-electron chi connectivity index (χ0n) is 11.2. The highest BCUT2D eigenvalue weighted by Crippen LogP contribution is 2.24. The van der Waals surface area contributed by atoms with Gasteiger partial charge in [-0.25, -0.2) is 17.2 Å². The van der Waals surface area contributed by atoms with Crippen LogP contribution in [0.1, 0.15) is 12.5 Å². The first kappa shape index (κ1) is 17.3. The maximum atomic E-state index is 13.8. The fraction of sp³-hybridized carbons (Fsp3) is 0.500. The molecule has 1 aromatic carbocycles. The fourth-order valence-corrected chi connectivity index (χ4v) is 3.82. The molecule has 0 bridgehead atoms. The molecule has 0 aromatic heterocycles. The minimum Gasteiger partial charge on any atom is -0.314 e. The molecule has 0 aliphatic carbocycles. The molecular formula is C12H17ClF2N2O2S. The zero-order valence-corrected chi connectivity index (χ0v) is 12.8. The quantitative estimate of drug-likeness (QED) is 0.899. The number of piperazine rings is 1. The van der Waals surface area contributed by atoms with Crippen molar-refractivity contribution in [2.75, 3.05) is 19.6 Å². The minimum absolute atomic E-state index is 0. The molecule has 2 rings (SSSR count). The zero-order chi connectivity index (χ0) is 14.2. The molecule has 1 N–H and O–H groups in total. The summed E-state index contributed by atoms with van der Waals surface area (Å²) in [5.41, 5.74) is 0.0878. The summed E-state index contributed by atoms with van der Waals surface area (Å²) in [4.78, 5) is -0.593. The number of nitrogens with one attached hydrogen (secondary N) is 1. The summed E-state index contributed by atoms with van der Waals surface area (Å²) in [6.07, 6.45) is 0. The lowest BCUT2D eigenvalue weighted by molar-refractivity contribution is 0.282. The van der Waals surface area contributed by atoms with Gasteiger partial charge < -0.3 is 5.32 Å². The number of sulfonamides is 1. The van der Waals surface area contributed by atoms with Crippen molar-refractivity contribution in [1.29, 1.82) is 0 Å². The van der Waals surface area contributed by atoms with Gasteiger partial charge in [-0.1, -0.05) is 0 Å². The van der Waals surface area contributed by atoms with Gasteiger partial charge in [0.15, 0.2) is 0 Å². The Morgan fingerprint density at radius 3 is 2.55 bits per heavy atom. The Bertz CT molecular complexity index is 595. The molecule has 0 amide bonds. The van der Waals surface area contributed by atoms with Gasteiger partial charge in [0.2, 0.25) is 10.0 Å². The van der Waals surface area contributed by atoms with Gasteiger partial charge in [0.25, 0.3) is 0 Å². The van der Waals surface area contributed by atoms with E-state index in [9.17, 15) is 17.2 Å². The predicted molar refractivity (Wildman–Crippen MR) is 74.6 cm³/mol. The minimum atomic E-state index is -4.00. The maximum absolute atomic E-state index is 13.8. The summed E-state index contributed by atoms with van der Waals surface area (Å²) in [5, 5.41) is 3.05. The molecule has 114 valence electrons. The highest BCUT2D eigenvalue weighted by Gasteiger charge is 2.33. The summed E-state index contributed by atoms with van der Waals surface area (Å²) in [6, 6.07) is 1.38. The molecule has 1 saturated heterocycles. The molecule has 4 nitrogen and oxygen atoms in total. The van der Waals surface area contributed by atoms with Crippen molar-refractivity contribution in [3.05, 3.63) is 29.3 Å². The van der Waals surface area contributed by atoms with E-state index in [0.717, 1.165) is 12.1 Å². The van der Waals surface area contributed by atoms with E-state index in [1.54, 1.807) is 6.92 Å². The van der Waals surface area contributed by atoms with E-state index in [1.807, 2.05) is 0 Å². The number of benzene rings is 1. The molecule has 8 heteroatoms. The largest absolute Gasteiger partial charge is 0.314 e. The molecule has 1 aliphatic heterocycles. The molecule has 0 saturated carbocycles. The second-order valence-corrected chi connectivity index (χ2v) is 6.56. The summed E-state index contributed by atoms with van der Waals surface area (Å²) in [7, 11) is -4.00. The number of hydrogen-bond donors (Lipinski definition) is 1. The van der Waals surface area contributed by atoms with E-state index < -0.39 is 26.6 Å². The van der Waals surface area contributed by atoms with Crippen LogP contribution < -0.4 is 5.32 Å². The highest BCUT2D eigenvalue weighted by molar-refractivity contribution is 7.89. The normalized spacial score (nSPS) is 20.5. The van der Waals surface area contributed by atoms with Crippen LogP contribution in [0.2, 0.25) is 0 Å². The molecule has 1 fully saturated rings.